The van der Waals surface area contributed by atoms with Crippen molar-refractivity contribution >= 4 is 49.6 Å². The summed E-state index contributed by atoms with van der Waals surface area (Å²) in [6.45, 7) is 0. The number of hydrogen-bond donors (Lipinski definition) is 0. The van der Waals surface area contributed by atoms with Crippen molar-refractivity contribution < 1.29 is 4.42 Å². The zero-order valence-corrected chi connectivity index (χ0v) is 26.5. The van der Waals surface area contributed by atoms with Gasteiger partial charge in [0.15, 0.2) is 11.6 Å². The molecule has 2 aromatic heterocycles. The first kappa shape index (κ1) is 27.7. The molecule has 4 nitrogen and oxygen atoms in total. The second-order valence-corrected chi connectivity index (χ2v) is 12.8. The fourth-order valence-corrected chi connectivity index (χ4v) is 7.38. The molecule has 0 amide bonds. The van der Waals surface area contributed by atoms with E-state index < -0.39 is 0 Å². The van der Waals surface area contributed by atoms with Crippen molar-refractivity contribution in [1.29, 1.82) is 0 Å². The lowest BCUT2D eigenvalue weighted by molar-refractivity contribution is 0.669. The van der Waals surface area contributed by atoms with Gasteiger partial charge in [0.1, 0.15) is 17.0 Å². The number of rotatable bonds is 4. The molecule has 2 heterocycles. The summed E-state index contributed by atoms with van der Waals surface area (Å²) in [5.41, 5.74) is 8.42. The van der Waals surface area contributed by atoms with Crippen LogP contribution in [0.2, 0.25) is 0 Å². The molecule has 1 unspecified atom stereocenters. The van der Waals surface area contributed by atoms with E-state index in [1.807, 2.05) is 18.2 Å². The number of aromatic nitrogens is 3. The number of furan rings is 1. The Hall–Kier alpha value is -6.39. The first-order chi connectivity index (χ1) is 24.2. The molecule has 0 aliphatic heterocycles. The Kier molecular flexibility index (Phi) is 6.28. The quantitative estimate of drug-likeness (QED) is 0.195. The molecular weight excluding hydrogens is 599 g/mol. The van der Waals surface area contributed by atoms with Crippen molar-refractivity contribution in [2.75, 3.05) is 0 Å². The Morgan fingerprint density at radius 1 is 0.510 bits per heavy atom. The molecule has 1 aliphatic carbocycles. The van der Waals surface area contributed by atoms with Gasteiger partial charge in [-0.05, 0) is 74.5 Å². The predicted molar refractivity (Wildman–Crippen MR) is 200 cm³/mol. The molecule has 0 bridgehead atoms. The maximum atomic E-state index is 6.41. The summed E-state index contributed by atoms with van der Waals surface area (Å²) in [6, 6.07) is 50.9. The van der Waals surface area contributed by atoms with E-state index in [2.05, 4.69) is 140 Å². The maximum Gasteiger partial charge on any atom is 0.164 e. The Labute approximate surface area is 283 Å². The van der Waals surface area contributed by atoms with E-state index in [-0.39, 0.29) is 5.92 Å². The zero-order valence-electron chi connectivity index (χ0n) is 26.5. The van der Waals surface area contributed by atoms with Gasteiger partial charge in [-0.2, -0.15) is 0 Å². The molecular formula is C45H29N3O. The van der Waals surface area contributed by atoms with Crippen molar-refractivity contribution in [3.63, 3.8) is 0 Å². The maximum absolute atomic E-state index is 6.41. The molecule has 1 atom stereocenters. The predicted octanol–water partition coefficient (Wildman–Crippen LogP) is 11.4. The summed E-state index contributed by atoms with van der Waals surface area (Å²) < 4.78 is 6.41. The van der Waals surface area contributed by atoms with Crippen LogP contribution < -0.4 is 0 Å². The summed E-state index contributed by atoms with van der Waals surface area (Å²) in [6.07, 6.45) is 5.29. The summed E-state index contributed by atoms with van der Waals surface area (Å²) in [5, 5.41) is 6.91. The standard InChI is InChI=1S/C45H29N3O/c1-2-9-28(10-3-1)33-23-24-40-39(26-33)42-37(15-8-16-41(42)49-40)45-47-43(34-21-17-29-11-4-5-13-32(29)25-34)46-44(48-45)35-22-20-31-19-18-30-12-6-7-14-36(30)38(31)27-35/h1-26,35H,27H2. The summed E-state index contributed by atoms with van der Waals surface area (Å²) in [7, 11) is 0. The van der Waals surface area contributed by atoms with Gasteiger partial charge < -0.3 is 4.42 Å². The van der Waals surface area contributed by atoms with Crippen molar-refractivity contribution in [3.05, 3.63) is 169 Å². The molecule has 0 spiro atoms. The van der Waals surface area contributed by atoms with Crippen molar-refractivity contribution in [1.82, 2.24) is 15.0 Å². The van der Waals surface area contributed by atoms with Crippen molar-refractivity contribution in [2.45, 2.75) is 12.3 Å². The minimum Gasteiger partial charge on any atom is -0.456 e. The van der Waals surface area contributed by atoms with Crippen LogP contribution in [0.15, 0.2) is 156 Å². The zero-order chi connectivity index (χ0) is 32.3. The second kappa shape index (κ2) is 11.1. The monoisotopic (exact) mass is 627 g/mol. The van der Waals surface area contributed by atoms with E-state index in [1.54, 1.807) is 0 Å². The van der Waals surface area contributed by atoms with E-state index in [4.69, 9.17) is 19.4 Å². The molecule has 7 aromatic carbocycles. The highest BCUT2D eigenvalue weighted by molar-refractivity contribution is 6.12. The van der Waals surface area contributed by atoms with Crippen LogP contribution in [-0.2, 0) is 6.42 Å². The van der Waals surface area contributed by atoms with E-state index in [9.17, 15) is 0 Å². The highest BCUT2D eigenvalue weighted by atomic mass is 16.3. The van der Waals surface area contributed by atoms with Crippen molar-refractivity contribution in [2.24, 2.45) is 0 Å². The van der Waals surface area contributed by atoms with Gasteiger partial charge in [-0.1, -0.05) is 133 Å². The van der Waals surface area contributed by atoms with Gasteiger partial charge in [0.05, 0.1) is 0 Å². The van der Waals surface area contributed by atoms with Gasteiger partial charge in [0.2, 0.25) is 0 Å². The molecule has 230 valence electrons. The Morgan fingerprint density at radius 2 is 1.29 bits per heavy atom. The van der Waals surface area contributed by atoms with Gasteiger partial charge in [-0.3, -0.25) is 0 Å². The Bertz CT molecular complexity index is 2760. The lowest BCUT2D eigenvalue weighted by Crippen LogP contribution is -2.12. The van der Waals surface area contributed by atoms with Gasteiger partial charge >= 0.3 is 0 Å². The number of benzene rings is 7. The van der Waals surface area contributed by atoms with Crippen LogP contribution in [0.25, 0.3) is 83.5 Å². The summed E-state index contributed by atoms with van der Waals surface area (Å²) >= 11 is 0. The third-order valence-electron chi connectivity index (χ3n) is 9.84. The molecule has 10 rings (SSSR count). The number of fused-ring (bicyclic) bond motifs is 7. The molecule has 9 aromatic rings. The molecule has 0 saturated heterocycles. The number of allylic oxidation sites excluding steroid dienone is 1. The number of nitrogens with zero attached hydrogens (tertiary/aromatic N) is 3. The molecule has 49 heavy (non-hydrogen) atoms. The largest absolute Gasteiger partial charge is 0.456 e. The highest BCUT2D eigenvalue weighted by Crippen LogP contribution is 2.39. The minimum absolute atomic E-state index is 0.00996. The van der Waals surface area contributed by atoms with Crippen LogP contribution in [-0.4, -0.2) is 15.0 Å². The second-order valence-electron chi connectivity index (χ2n) is 12.8. The van der Waals surface area contributed by atoms with Crippen LogP contribution in [0, 0.1) is 0 Å². The third-order valence-corrected chi connectivity index (χ3v) is 9.84. The summed E-state index contributed by atoms with van der Waals surface area (Å²) in [5.74, 6) is 2.06. The van der Waals surface area contributed by atoms with Crippen molar-refractivity contribution in [3.8, 4) is 33.9 Å². The van der Waals surface area contributed by atoms with E-state index in [0.717, 1.165) is 61.8 Å². The topological polar surface area (TPSA) is 51.8 Å². The van der Waals surface area contributed by atoms with E-state index in [1.165, 1.54) is 27.3 Å². The molecule has 1 aliphatic rings. The Morgan fingerprint density at radius 3 is 2.20 bits per heavy atom. The molecule has 0 saturated carbocycles. The van der Waals surface area contributed by atoms with Crippen LogP contribution >= 0.6 is 0 Å². The average molecular weight is 628 g/mol. The van der Waals surface area contributed by atoms with Gasteiger partial charge in [-0.15, -0.1) is 0 Å². The SMILES string of the molecule is C1=CC(c2nc(-c3ccc4ccccc4c3)nc(-c3cccc4oc5ccc(-c6ccccc6)cc5c34)n2)Cc2c1ccc1ccccc21. The average Bonchev–Trinajstić information content (AvgIpc) is 3.56. The Balaban J connectivity index is 1.18. The third kappa shape index (κ3) is 4.72. The van der Waals surface area contributed by atoms with Crippen LogP contribution in [0.3, 0.4) is 0 Å². The minimum atomic E-state index is -0.00996. The van der Waals surface area contributed by atoms with Crippen LogP contribution in [0.5, 0.6) is 0 Å². The smallest absolute Gasteiger partial charge is 0.164 e. The van der Waals surface area contributed by atoms with Gasteiger partial charge in [0.25, 0.3) is 0 Å². The molecule has 4 heteroatoms. The van der Waals surface area contributed by atoms with E-state index >= 15 is 0 Å². The fourth-order valence-electron chi connectivity index (χ4n) is 7.38. The first-order valence-corrected chi connectivity index (χ1v) is 16.7. The first-order valence-electron chi connectivity index (χ1n) is 16.7. The fraction of sp³-hybridized carbons (Fsp3) is 0.0444. The molecule has 0 N–H and O–H groups in total. The van der Waals surface area contributed by atoms with Crippen LogP contribution in [0.4, 0.5) is 0 Å². The lowest BCUT2D eigenvalue weighted by atomic mass is 9.86. The van der Waals surface area contributed by atoms with Gasteiger partial charge in [-0.25, -0.2) is 15.0 Å². The normalized spacial score (nSPS) is 14.2. The lowest BCUT2D eigenvalue weighted by Gasteiger charge is -2.21. The van der Waals surface area contributed by atoms with Gasteiger partial charge in [0, 0.05) is 27.8 Å². The molecule has 0 radical (unpaired) electrons. The molecule has 0 fully saturated rings. The highest BCUT2D eigenvalue weighted by Gasteiger charge is 2.24. The van der Waals surface area contributed by atoms with Crippen LogP contribution in [0.1, 0.15) is 22.9 Å². The summed E-state index contributed by atoms with van der Waals surface area (Å²) in [4.78, 5) is 15.7. The van der Waals surface area contributed by atoms with E-state index in [0.29, 0.717) is 11.6 Å². The number of hydrogen-bond acceptors (Lipinski definition) is 4.